The second kappa shape index (κ2) is 5.22. The van der Waals surface area contributed by atoms with Gasteiger partial charge in [0.15, 0.2) is 0 Å². The Kier molecular flexibility index (Phi) is 3.99. The number of allylic oxidation sites excluding steroid dienone is 2. The van der Waals surface area contributed by atoms with Crippen molar-refractivity contribution in [2.45, 2.75) is 48.3 Å². The number of alkyl halides is 2. The fraction of sp³-hybridized carbons (Fsp3) is 0.786. The average molecular weight is 357 g/mol. The van der Waals surface area contributed by atoms with Gasteiger partial charge in [-0.15, -0.1) is 23.2 Å². The Bertz CT molecular complexity index is 474. The minimum Gasteiger partial charge on any atom is -0.342 e. The number of hydrogen-bond donors (Lipinski definition) is 0. The van der Waals surface area contributed by atoms with Crippen molar-refractivity contribution in [1.82, 2.24) is 4.90 Å². The number of fused-ring (bicyclic) bond motifs is 2. The summed E-state index contributed by atoms with van der Waals surface area (Å²) >= 11 is 25.9. The molecule has 3 atom stereocenters. The highest BCUT2D eigenvalue weighted by atomic mass is 35.5. The lowest BCUT2D eigenvalue weighted by Gasteiger charge is -2.51. The highest BCUT2D eigenvalue weighted by molar-refractivity contribution is 6.49. The van der Waals surface area contributed by atoms with Crippen LogP contribution in [0.4, 0.5) is 0 Å². The summed E-state index contributed by atoms with van der Waals surface area (Å²) in [4.78, 5) is 13.2. The van der Waals surface area contributed by atoms with Gasteiger partial charge in [-0.05, 0) is 38.5 Å². The van der Waals surface area contributed by atoms with E-state index in [9.17, 15) is 4.79 Å². The number of halogens is 4. The second-order valence-corrected chi connectivity index (χ2v) is 8.25. The zero-order valence-electron chi connectivity index (χ0n) is 11.1. The predicted octanol–water partition coefficient (Wildman–Crippen LogP) is 4.46. The summed E-state index contributed by atoms with van der Waals surface area (Å²) in [6, 6.07) is 0. The maximum absolute atomic E-state index is 12.8. The van der Waals surface area contributed by atoms with E-state index < -0.39 is 9.75 Å². The number of hydrogen-bond acceptors (Lipinski definition) is 1. The molecule has 0 N–H and O–H groups in total. The Morgan fingerprint density at radius 3 is 2.35 bits per heavy atom. The van der Waals surface area contributed by atoms with Crippen molar-refractivity contribution < 1.29 is 4.79 Å². The van der Waals surface area contributed by atoms with Gasteiger partial charge in [-0.1, -0.05) is 23.2 Å². The molecule has 20 heavy (non-hydrogen) atoms. The first-order chi connectivity index (χ1) is 9.38. The zero-order chi connectivity index (χ0) is 14.5. The van der Waals surface area contributed by atoms with Crippen LogP contribution in [-0.2, 0) is 4.79 Å². The van der Waals surface area contributed by atoms with E-state index in [2.05, 4.69) is 0 Å². The van der Waals surface area contributed by atoms with E-state index in [1.54, 1.807) is 0 Å². The Balaban J connectivity index is 1.90. The minimum atomic E-state index is -0.857. The van der Waals surface area contributed by atoms with Crippen LogP contribution in [0.2, 0.25) is 0 Å². The first kappa shape index (κ1) is 15.3. The van der Waals surface area contributed by atoms with Crippen LogP contribution in [0.1, 0.15) is 38.5 Å². The molecule has 1 heterocycles. The minimum absolute atomic E-state index is 0.0896. The lowest BCUT2D eigenvalue weighted by atomic mass is 9.67. The second-order valence-electron chi connectivity index (χ2n) is 6.10. The maximum atomic E-state index is 12.8. The molecule has 1 amide bonds. The highest BCUT2D eigenvalue weighted by Crippen LogP contribution is 2.61. The first-order valence-corrected chi connectivity index (χ1v) is 8.62. The van der Waals surface area contributed by atoms with E-state index in [1.165, 1.54) is 6.42 Å². The first-order valence-electron chi connectivity index (χ1n) is 7.11. The Hall–Kier alpha value is 0.370. The van der Waals surface area contributed by atoms with Crippen LogP contribution in [0.3, 0.4) is 0 Å². The summed E-state index contributed by atoms with van der Waals surface area (Å²) < 4.78 is 0. The Morgan fingerprint density at radius 2 is 1.70 bits per heavy atom. The normalized spacial score (nSPS) is 41.2. The lowest BCUT2D eigenvalue weighted by molar-refractivity contribution is -0.138. The van der Waals surface area contributed by atoms with Crippen molar-refractivity contribution in [3.05, 3.63) is 10.1 Å². The van der Waals surface area contributed by atoms with Gasteiger partial charge >= 0.3 is 0 Å². The molecule has 0 radical (unpaired) electrons. The molecule has 0 aromatic rings. The highest BCUT2D eigenvalue weighted by Gasteiger charge is 2.60. The Morgan fingerprint density at radius 1 is 1.05 bits per heavy atom. The van der Waals surface area contributed by atoms with Crippen LogP contribution >= 0.6 is 46.4 Å². The van der Waals surface area contributed by atoms with Crippen LogP contribution in [0, 0.1) is 5.92 Å². The zero-order valence-corrected chi connectivity index (χ0v) is 14.1. The standard InChI is InChI=1S/C14H17Cl4NO/c15-10-11(16)14(18)5-4-13(10,17)8-9(14)12(20)19-6-2-1-3-7-19/h9H,1-8H2. The third-order valence-corrected chi connectivity index (χ3v) is 7.42. The van der Waals surface area contributed by atoms with E-state index in [4.69, 9.17) is 46.4 Å². The summed E-state index contributed by atoms with van der Waals surface area (Å²) in [6.07, 6.45) is 5.08. The maximum Gasteiger partial charge on any atom is 0.227 e. The number of likely N-dealkylation sites (tertiary alicyclic amines) is 1. The molecule has 1 saturated heterocycles. The molecule has 4 rings (SSSR count). The molecule has 6 heteroatoms. The molecule has 2 bridgehead atoms. The molecule has 2 fully saturated rings. The molecule has 1 saturated carbocycles. The average Bonchev–Trinajstić information content (AvgIpc) is 2.47. The van der Waals surface area contributed by atoms with Crippen molar-refractivity contribution in [1.29, 1.82) is 0 Å². The topological polar surface area (TPSA) is 20.3 Å². The van der Waals surface area contributed by atoms with E-state index in [0.29, 0.717) is 29.3 Å². The number of piperidine rings is 1. The van der Waals surface area contributed by atoms with E-state index in [1.807, 2.05) is 4.90 Å². The van der Waals surface area contributed by atoms with Crippen LogP contribution < -0.4 is 0 Å². The predicted molar refractivity (Wildman–Crippen MR) is 83.7 cm³/mol. The number of carbonyl (C=O) groups excluding carboxylic acids is 1. The van der Waals surface area contributed by atoms with Gasteiger partial charge in [0.05, 0.1) is 25.7 Å². The summed E-state index contributed by atoms with van der Waals surface area (Å²) in [7, 11) is 0. The molecule has 2 nitrogen and oxygen atoms in total. The van der Waals surface area contributed by atoms with Gasteiger partial charge in [-0.25, -0.2) is 0 Å². The summed E-state index contributed by atoms with van der Waals surface area (Å²) in [5, 5.41) is 0.813. The molecule has 1 aliphatic heterocycles. The van der Waals surface area contributed by atoms with Gasteiger partial charge in [0.25, 0.3) is 0 Å². The third kappa shape index (κ3) is 2.18. The van der Waals surface area contributed by atoms with Crippen molar-refractivity contribution in [2.75, 3.05) is 13.1 Å². The fourth-order valence-corrected chi connectivity index (χ4v) is 5.15. The fourth-order valence-electron chi connectivity index (χ4n) is 3.60. The van der Waals surface area contributed by atoms with Gasteiger partial charge in [0.1, 0.15) is 0 Å². The third-order valence-electron chi connectivity index (χ3n) is 4.88. The van der Waals surface area contributed by atoms with Crippen molar-refractivity contribution in [3.63, 3.8) is 0 Å². The number of carbonyl (C=O) groups is 1. The molecule has 0 aromatic heterocycles. The SMILES string of the molecule is O=C(C1CC2(Cl)CCC1(Cl)C(Cl)=C2Cl)N1CCCCC1. The quantitative estimate of drug-likeness (QED) is 0.635. The number of rotatable bonds is 1. The molecule has 0 aromatic carbocycles. The van der Waals surface area contributed by atoms with Crippen LogP contribution in [0.25, 0.3) is 0 Å². The van der Waals surface area contributed by atoms with E-state index >= 15 is 0 Å². The molecular weight excluding hydrogens is 340 g/mol. The molecule has 3 unspecified atom stereocenters. The number of amides is 1. The van der Waals surface area contributed by atoms with E-state index in [-0.39, 0.29) is 11.8 Å². The molecular formula is C14H17Cl4NO. The van der Waals surface area contributed by atoms with Crippen molar-refractivity contribution in [2.24, 2.45) is 5.92 Å². The van der Waals surface area contributed by atoms with Gasteiger partial charge in [-0.2, -0.15) is 0 Å². The summed E-state index contributed by atoms with van der Waals surface area (Å²) in [6.45, 7) is 1.62. The molecule has 4 aliphatic rings. The molecule has 3 aliphatic carbocycles. The van der Waals surface area contributed by atoms with E-state index in [0.717, 1.165) is 25.9 Å². The van der Waals surface area contributed by atoms with Crippen LogP contribution in [0.15, 0.2) is 10.1 Å². The van der Waals surface area contributed by atoms with Crippen LogP contribution in [-0.4, -0.2) is 33.6 Å². The summed E-state index contributed by atoms with van der Waals surface area (Å²) in [5.74, 6) is -0.268. The Labute approximate surface area is 139 Å². The molecule has 0 spiro atoms. The van der Waals surface area contributed by atoms with Crippen molar-refractivity contribution in [3.8, 4) is 0 Å². The van der Waals surface area contributed by atoms with Gasteiger partial charge in [0, 0.05) is 13.1 Å². The largest absolute Gasteiger partial charge is 0.342 e. The summed E-state index contributed by atoms with van der Waals surface area (Å²) in [5.41, 5.74) is 0. The van der Waals surface area contributed by atoms with Gasteiger partial charge < -0.3 is 4.90 Å². The monoisotopic (exact) mass is 355 g/mol. The van der Waals surface area contributed by atoms with Crippen molar-refractivity contribution >= 4 is 52.3 Å². The van der Waals surface area contributed by atoms with Crippen LogP contribution in [0.5, 0.6) is 0 Å². The smallest absolute Gasteiger partial charge is 0.227 e. The van der Waals surface area contributed by atoms with Gasteiger partial charge in [-0.3, -0.25) is 4.79 Å². The van der Waals surface area contributed by atoms with Gasteiger partial charge in [0.2, 0.25) is 5.91 Å². The molecule has 112 valence electrons. The lowest BCUT2D eigenvalue weighted by Crippen LogP contribution is -2.56. The number of nitrogens with zero attached hydrogens (tertiary/aromatic N) is 1.